The van der Waals surface area contributed by atoms with Gasteiger partial charge in [0.2, 0.25) is 0 Å². The number of hydrogen-bond donors (Lipinski definition) is 0. The van der Waals surface area contributed by atoms with E-state index in [2.05, 4.69) is 20.9 Å². The molecule has 0 amide bonds. The molecule has 0 spiro atoms. The highest BCUT2D eigenvalue weighted by molar-refractivity contribution is 9.10. The summed E-state index contributed by atoms with van der Waals surface area (Å²) in [4.78, 5) is 9.58. The largest absolute Gasteiger partial charge is 0.269 e. The SMILES string of the molecule is O=S(=O)(c1ccccc1)n1cc(-c2csc(C3CCCCC3)n2)c2cc(Br)cnc21. The monoisotopic (exact) mass is 501 g/mol. The molecule has 1 aromatic carbocycles. The fourth-order valence-electron chi connectivity index (χ4n) is 4.10. The van der Waals surface area contributed by atoms with Crippen LogP contribution in [0.4, 0.5) is 0 Å². The summed E-state index contributed by atoms with van der Waals surface area (Å²) in [6, 6.07) is 10.4. The van der Waals surface area contributed by atoms with E-state index in [9.17, 15) is 8.42 Å². The maximum atomic E-state index is 13.3. The molecule has 1 saturated carbocycles. The van der Waals surface area contributed by atoms with Crippen molar-refractivity contribution in [3.05, 3.63) is 63.7 Å². The van der Waals surface area contributed by atoms with E-state index >= 15 is 0 Å². The topological polar surface area (TPSA) is 64.8 Å². The van der Waals surface area contributed by atoms with Crippen LogP contribution in [0, 0.1) is 0 Å². The second-order valence-corrected chi connectivity index (χ2v) is 11.2. The third kappa shape index (κ3) is 3.50. The Morgan fingerprint density at radius 1 is 1.10 bits per heavy atom. The second kappa shape index (κ2) is 7.90. The summed E-state index contributed by atoms with van der Waals surface area (Å²) in [5, 5.41) is 3.96. The predicted molar refractivity (Wildman–Crippen MR) is 123 cm³/mol. The van der Waals surface area contributed by atoms with E-state index in [4.69, 9.17) is 4.98 Å². The Hall–Kier alpha value is -2.03. The molecule has 3 heterocycles. The number of nitrogens with zero attached hydrogens (tertiary/aromatic N) is 3. The molecule has 0 atom stereocenters. The molecule has 0 N–H and O–H groups in total. The zero-order valence-electron chi connectivity index (χ0n) is 16.2. The van der Waals surface area contributed by atoms with Crippen LogP contribution in [0.3, 0.4) is 0 Å². The summed E-state index contributed by atoms with van der Waals surface area (Å²) < 4.78 is 28.7. The minimum Gasteiger partial charge on any atom is -0.241 e. The van der Waals surface area contributed by atoms with Crippen molar-refractivity contribution in [2.45, 2.75) is 42.9 Å². The fourth-order valence-corrected chi connectivity index (χ4v) is 6.76. The smallest absolute Gasteiger partial charge is 0.241 e. The summed E-state index contributed by atoms with van der Waals surface area (Å²) in [5.74, 6) is 0.517. The van der Waals surface area contributed by atoms with Gasteiger partial charge in [0.25, 0.3) is 10.0 Å². The molecule has 0 unspecified atom stereocenters. The molecule has 0 saturated heterocycles. The van der Waals surface area contributed by atoms with Gasteiger partial charge < -0.3 is 0 Å². The van der Waals surface area contributed by atoms with Gasteiger partial charge in [0.15, 0.2) is 5.65 Å². The molecule has 4 aromatic rings. The Morgan fingerprint density at radius 2 is 1.87 bits per heavy atom. The van der Waals surface area contributed by atoms with Crippen molar-refractivity contribution in [3.63, 3.8) is 0 Å². The first-order valence-corrected chi connectivity index (χ1v) is 13.1. The first kappa shape index (κ1) is 19.9. The zero-order valence-corrected chi connectivity index (χ0v) is 19.4. The van der Waals surface area contributed by atoms with E-state index < -0.39 is 10.0 Å². The van der Waals surface area contributed by atoms with E-state index in [0.717, 1.165) is 26.1 Å². The molecular formula is C22H20BrN3O2S2. The lowest BCUT2D eigenvalue weighted by molar-refractivity contribution is 0.442. The Bertz CT molecular complexity index is 1310. The van der Waals surface area contributed by atoms with Crippen molar-refractivity contribution in [1.29, 1.82) is 0 Å². The first-order valence-electron chi connectivity index (χ1n) is 9.97. The van der Waals surface area contributed by atoms with Crippen LogP contribution in [0.1, 0.15) is 43.0 Å². The number of aromatic nitrogens is 3. The molecular weight excluding hydrogens is 482 g/mol. The van der Waals surface area contributed by atoms with Gasteiger partial charge in [0, 0.05) is 39.1 Å². The van der Waals surface area contributed by atoms with E-state index in [1.165, 1.54) is 36.1 Å². The van der Waals surface area contributed by atoms with Gasteiger partial charge in [-0.15, -0.1) is 11.3 Å². The Balaban J connectivity index is 1.65. The van der Waals surface area contributed by atoms with E-state index in [1.807, 2.05) is 11.4 Å². The molecule has 5 rings (SSSR count). The Kier molecular flexibility index (Phi) is 5.24. The summed E-state index contributed by atoms with van der Waals surface area (Å²) in [6.45, 7) is 0. The summed E-state index contributed by atoms with van der Waals surface area (Å²) in [6.07, 6.45) is 9.47. The predicted octanol–water partition coefficient (Wildman–Crippen LogP) is 6.21. The van der Waals surface area contributed by atoms with Gasteiger partial charge in [-0.05, 0) is 47.0 Å². The summed E-state index contributed by atoms with van der Waals surface area (Å²) >= 11 is 5.15. The van der Waals surface area contributed by atoms with Crippen LogP contribution in [0.5, 0.6) is 0 Å². The zero-order chi connectivity index (χ0) is 20.7. The lowest BCUT2D eigenvalue weighted by Gasteiger charge is -2.18. The van der Waals surface area contributed by atoms with Crippen LogP contribution in [0.15, 0.2) is 63.5 Å². The van der Waals surface area contributed by atoms with Crippen LogP contribution < -0.4 is 0 Å². The van der Waals surface area contributed by atoms with Gasteiger partial charge >= 0.3 is 0 Å². The van der Waals surface area contributed by atoms with Gasteiger partial charge in [0.05, 0.1) is 15.6 Å². The molecule has 0 bridgehead atoms. The number of pyridine rings is 1. The Morgan fingerprint density at radius 3 is 2.63 bits per heavy atom. The van der Waals surface area contributed by atoms with Gasteiger partial charge in [-0.2, -0.15) is 0 Å². The average molecular weight is 502 g/mol. The highest BCUT2D eigenvalue weighted by Gasteiger charge is 2.25. The summed E-state index contributed by atoms with van der Waals surface area (Å²) in [7, 11) is -3.76. The molecule has 0 radical (unpaired) electrons. The number of rotatable bonds is 4. The van der Waals surface area contributed by atoms with Crippen molar-refractivity contribution >= 4 is 48.3 Å². The second-order valence-electron chi connectivity index (χ2n) is 7.59. The van der Waals surface area contributed by atoms with Crippen LogP contribution in [-0.2, 0) is 10.0 Å². The molecule has 8 heteroatoms. The van der Waals surface area contributed by atoms with E-state index in [1.54, 1.807) is 54.1 Å². The number of fused-ring (bicyclic) bond motifs is 1. The average Bonchev–Trinajstić information content (AvgIpc) is 3.40. The molecule has 30 heavy (non-hydrogen) atoms. The van der Waals surface area contributed by atoms with E-state index in [-0.39, 0.29) is 4.90 Å². The highest BCUT2D eigenvalue weighted by Crippen LogP contribution is 2.38. The van der Waals surface area contributed by atoms with Crippen LogP contribution in [0.25, 0.3) is 22.3 Å². The first-order chi connectivity index (χ1) is 14.5. The van der Waals surface area contributed by atoms with E-state index in [0.29, 0.717) is 11.6 Å². The number of benzene rings is 1. The maximum Gasteiger partial charge on any atom is 0.269 e. The summed E-state index contributed by atoms with van der Waals surface area (Å²) in [5.41, 5.74) is 2.01. The Labute approximate surface area is 188 Å². The quantitative estimate of drug-likeness (QED) is 0.333. The van der Waals surface area contributed by atoms with Gasteiger partial charge in [-0.3, -0.25) is 0 Å². The van der Waals surface area contributed by atoms with Crippen LogP contribution in [0.2, 0.25) is 0 Å². The van der Waals surface area contributed by atoms with Crippen LogP contribution in [-0.4, -0.2) is 22.4 Å². The standard InChI is InChI=1S/C22H20BrN3O2S2/c23-16-11-18-19(20-14-29-22(25-20)15-7-3-1-4-8-15)13-26(21(18)24-12-16)30(27,28)17-9-5-2-6-10-17/h2,5-6,9-15H,1,3-4,7-8H2. The molecule has 0 aliphatic heterocycles. The lowest BCUT2D eigenvalue weighted by Crippen LogP contribution is -2.12. The highest BCUT2D eigenvalue weighted by atomic mass is 79.9. The molecule has 1 aliphatic rings. The van der Waals surface area contributed by atoms with Crippen molar-refractivity contribution in [1.82, 2.24) is 13.9 Å². The maximum absolute atomic E-state index is 13.3. The normalized spacial score (nSPS) is 15.6. The van der Waals surface area contributed by atoms with Crippen molar-refractivity contribution in [2.24, 2.45) is 0 Å². The molecule has 1 aliphatic carbocycles. The minimum absolute atomic E-state index is 0.236. The third-order valence-corrected chi connectivity index (χ3v) is 8.74. The van der Waals surface area contributed by atoms with Crippen molar-refractivity contribution in [3.8, 4) is 11.3 Å². The molecule has 154 valence electrons. The molecule has 3 aromatic heterocycles. The van der Waals surface area contributed by atoms with Crippen molar-refractivity contribution in [2.75, 3.05) is 0 Å². The van der Waals surface area contributed by atoms with Gasteiger partial charge in [-0.25, -0.2) is 22.4 Å². The molecule has 1 fully saturated rings. The van der Waals surface area contributed by atoms with Crippen molar-refractivity contribution < 1.29 is 8.42 Å². The number of halogens is 1. The fraction of sp³-hybridized carbons (Fsp3) is 0.273. The third-order valence-electron chi connectivity index (χ3n) is 5.63. The van der Waals surface area contributed by atoms with Gasteiger partial charge in [0.1, 0.15) is 0 Å². The lowest BCUT2D eigenvalue weighted by atomic mass is 9.90. The minimum atomic E-state index is -3.76. The van der Waals surface area contributed by atoms with Crippen LogP contribution >= 0.6 is 27.3 Å². The molecule has 5 nitrogen and oxygen atoms in total. The number of hydrogen-bond acceptors (Lipinski definition) is 5. The number of thiazole rings is 1. The van der Waals surface area contributed by atoms with Gasteiger partial charge in [-0.1, -0.05) is 37.5 Å².